The molecule has 0 unspecified atom stereocenters. The summed E-state index contributed by atoms with van der Waals surface area (Å²) >= 11 is 0. The fraction of sp³-hybridized carbons (Fsp3) is 0.214. The lowest BCUT2D eigenvalue weighted by atomic mass is 10.2. The fourth-order valence-corrected chi connectivity index (χ4v) is 1.88. The van der Waals surface area contributed by atoms with Gasteiger partial charge in [0.25, 0.3) is 0 Å². The molecule has 0 saturated carbocycles. The normalized spacial score (nSPS) is 10.3. The molecule has 0 aliphatic rings. The monoisotopic (exact) mass is 261 g/mol. The summed E-state index contributed by atoms with van der Waals surface area (Å²) in [5.41, 5.74) is 6.66. The van der Waals surface area contributed by atoms with Gasteiger partial charge in [0, 0.05) is 6.54 Å². The summed E-state index contributed by atoms with van der Waals surface area (Å²) in [6, 6.07) is 10.0. The Morgan fingerprint density at radius 2 is 2.00 bits per heavy atom. The zero-order valence-corrected chi connectivity index (χ0v) is 10.9. The highest BCUT2D eigenvalue weighted by atomic mass is 19.1. The smallest absolute Gasteiger partial charge is 0.238 e. The third-order valence-corrected chi connectivity index (χ3v) is 2.80. The van der Waals surface area contributed by atoms with Gasteiger partial charge < -0.3 is 15.4 Å². The highest BCUT2D eigenvalue weighted by Crippen LogP contribution is 2.29. The first kappa shape index (κ1) is 13.1. The number of rotatable bonds is 4. The minimum absolute atomic E-state index is 0.290. The molecule has 19 heavy (non-hydrogen) atoms. The van der Waals surface area contributed by atoms with Gasteiger partial charge in [-0.1, -0.05) is 12.1 Å². The zero-order valence-electron chi connectivity index (χ0n) is 10.9. The summed E-state index contributed by atoms with van der Waals surface area (Å²) < 4.78 is 18.9. The van der Waals surface area contributed by atoms with E-state index >= 15 is 0 Å². The number of methoxy groups -OCH3 is 1. The van der Waals surface area contributed by atoms with E-state index in [1.807, 2.05) is 6.92 Å². The summed E-state index contributed by atoms with van der Waals surface area (Å²) in [7, 11) is 1.50. The van der Waals surface area contributed by atoms with Crippen LogP contribution in [0.4, 0.5) is 21.6 Å². The molecular weight excluding hydrogens is 245 g/mol. The SMILES string of the molecule is CCN(c1ccc(N)c(OC)n1)c1ccccc1F. The number of hydrogen-bond donors (Lipinski definition) is 1. The molecule has 1 aromatic carbocycles. The minimum atomic E-state index is -0.290. The van der Waals surface area contributed by atoms with Crippen LogP contribution in [0.5, 0.6) is 5.88 Å². The van der Waals surface area contributed by atoms with Crippen molar-refractivity contribution in [1.29, 1.82) is 0 Å². The molecule has 2 N–H and O–H groups in total. The molecule has 0 saturated heterocycles. The van der Waals surface area contributed by atoms with E-state index in [2.05, 4.69) is 4.98 Å². The molecule has 0 atom stereocenters. The van der Waals surface area contributed by atoms with Crippen molar-refractivity contribution in [3.05, 3.63) is 42.2 Å². The van der Waals surface area contributed by atoms with Gasteiger partial charge in [-0.25, -0.2) is 4.39 Å². The van der Waals surface area contributed by atoms with Crippen molar-refractivity contribution in [2.45, 2.75) is 6.92 Å². The Balaban J connectivity index is 2.45. The van der Waals surface area contributed by atoms with Crippen molar-refractivity contribution >= 4 is 17.2 Å². The van der Waals surface area contributed by atoms with Crippen LogP contribution in [0.1, 0.15) is 6.92 Å². The first-order valence-electron chi connectivity index (χ1n) is 6.00. The standard InChI is InChI=1S/C14H16FN3O/c1-3-18(12-7-5-4-6-10(12)15)13-9-8-11(16)14(17-13)19-2/h4-9H,3,16H2,1-2H3. The van der Waals surface area contributed by atoms with Gasteiger partial charge in [-0.15, -0.1) is 0 Å². The maximum absolute atomic E-state index is 13.8. The Hall–Kier alpha value is -2.30. The second kappa shape index (κ2) is 5.56. The van der Waals surface area contributed by atoms with E-state index in [4.69, 9.17) is 10.5 Å². The van der Waals surface area contributed by atoms with E-state index in [0.717, 1.165) is 0 Å². The highest BCUT2D eigenvalue weighted by Gasteiger charge is 2.14. The lowest BCUT2D eigenvalue weighted by molar-refractivity contribution is 0.400. The van der Waals surface area contributed by atoms with Crippen LogP contribution in [0.3, 0.4) is 0 Å². The number of benzene rings is 1. The first-order chi connectivity index (χ1) is 9.17. The molecular formula is C14H16FN3O. The number of para-hydroxylation sites is 1. The van der Waals surface area contributed by atoms with E-state index in [-0.39, 0.29) is 5.82 Å². The van der Waals surface area contributed by atoms with Gasteiger partial charge in [0.1, 0.15) is 11.6 Å². The number of nitrogens with zero attached hydrogens (tertiary/aromatic N) is 2. The average molecular weight is 261 g/mol. The van der Waals surface area contributed by atoms with Gasteiger partial charge in [-0.05, 0) is 31.2 Å². The lowest BCUT2D eigenvalue weighted by Crippen LogP contribution is -2.19. The molecule has 0 aliphatic carbocycles. The summed E-state index contributed by atoms with van der Waals surface area (Å²) in [5, 5.41) is 0. The Kier molecular flexibility index (Phi) is 3.85. The van der Waals surface area contributed by atoms with Crippen molar-refractivity contribution in [2.24, 2.45) is 0 Å². The van der Waals surface area contributed by atoms with E-state index < -0.39 is 0 Å². The van der Waals surface area contributed by atoms with Crippen molar-refractivity contribution in [3.63, 3.8) is 0 Å². The molecule has 4 nitrogen and oxygen atoms in total. The van der Waals surface area contributed by atoms with Gasteiger partial charge >= 0.3 is 0 Å². The highest BCUT2D eigenvalue weighted by molar-refractivity contribution is 5.63. The molecule has 1 aromatic heterocycles. The first-order valence-corrected chi connectivity index (χ1v) is 6.00. The summed E-state index contributed by atoms with van der Waals surface area (Å²) in [6.07, 6.45) is 0. The third-order valence-electron chi connectivity index (χ3n) is 2.80. The van der Waals surface area contributed by atoms with Crippen LogP contribution >= 0.6 is 0 Å². The third kappa shape index (κ3) is 2.59. The van der Waals surface area contributed by atoms with Gasteiger partial charge in [0.15, 0.2) is 0 Å². The van der Waals surface area contributed by atoms with E-state index in [9.17, 15) is 4.39 Å². The molecule has 5 heteroatoms. The molecule has 0 spiro atoms. The van der Waals surface area contributed by atoms with Gasteiger partial charge in [-0.3, -0.25) is 0 Å². The van der Waals surface area contributed by atoms with Crippen LogP contribution in [-0.4, -0.2) is 18.6 Å². The molecule has 0 amide bonds. The maximum Gasteiger partial charge on any atom is 0.238 e. The van der Waals surface area contributed by atoms with Crippen LogP contribution in [0.15, 0.2) is 36.4 Å². The number of ether oxygens (including phenoxy) is 1. The number of pyridine rings is 1. The topological polar surface area (TPSA) is 51.4 Å². The average Bonchev–Trinajstić information content (AvgIpc) is 2.43. The maximum atomic E-state index is 13.8. The summed E-state index contributed by atoms with van der Waals surface area (Å²) in [5.74, 6) is 0.646. The van der Waals surface area contributed by atoms with Crippen LogP contribution in [-0.2, 0) is 0 Å². The molecule has 2 aromatic rings. The largest absolute Gasteiger partial charge is 0.479 e. The molecule has 0 radical (unpaired) electrons. The van der Waals surface area contributed by atoms with Crippen molar-refractivity contribution in [2.75, 3.05) is 24.3 Å². The van der Waals surface area contributed by atoms with Gasteiger partial charge in [0.2, 0.25) is 5.88 Å². The summed E-state index contributed by atoms with van der Waals surface area (Å²) in [6.45, 7) is 2.51. The molecule has 0 fully saturated rings. The Morgan fingerprint density at radius 3 is 2.63 bits per heavy atom. The predicted molar refractivity (Wildman–Crippen MR) is 74.3 cm³/mol. The number of hydrogen-bond acceptors (Lipinski definition) is 4. The van der Waals surface area contributed by atoms with Crippen LogP contribution in [0, 0.1) is 5.82 Å². The molecule has 100 valence electrons. The lowest BCUT2D eigenvalue weighted by Gasteiger charge is -2.23. The van der Waals surface area contributed by atoms with Crippen molar-refractivity contribution < 1.29 is 9.13 Å². The van der Waals surface area contributed by atoms with Gasteiger partial charge in [-0.2, -0.15) is 4.98 Å². The number of nitrogen functional groups attached to an aromatic ring is 1. The Morgan fingerprint density at radius 1 is 1.26 bits per heavy atom. The molecule has 1 heterocycles. The molecule has 0 bridgehead atoms. The second-order valence-corrected chi connectivity index (χ2v) is 3.96. The van der Waals surface area contributed by atoms with Crippen molar-refractivity contribution in [1.82, 2.24) is 4.98 Å². The fourth-order valence-electron chi connectivity index (χ4n) is 1.88. The van der Waals surface area contributed by atoms with E-state index in [1.54, 1.807) is 35.2 Å². The van der Waals surface area contributed by atoms with Crippen molar-refractivity contribution in [3.8, 4) is 5.88 Å². The number of anilines is 3. The summed E-state index contributed by atoms with van der Waals surface area (Å²) in [4.78, 5) is 6.05. The predicted octanol–water partition coefficient (Wildman–Crippen LogP) is 2.97. The second-order valence-electron chi connectivity index (χ2n) is 3.96. The van der Waals surface area contributed by atoms with Crippen LogP contribution in [0.2, 0.25) is 0 Å². The van der Waals surface area contributed by atoms with E-state index in [0.29, 0.717) is 29.6 Å². The molecule has 0 aliphatic heterocycles. The quantitative estimate of drug-likeness (QED) is 0.919. The number of aromatic nitrogens is 1. The molecule has 2 rings (SSSR count). The Bertz CT molecular complexity index is 574. The van der Waals surface area contributed by atoms with Crippen LogP contribution in [0.25, 0.3) is 0 Å². The number of nitrogens with two attached hydrogens (primary N) is 1. The van der Waals surface area contributed by atoms with E-state index in [1.165, 1.54) is 13.2 Å². The minimum Gasteiger partial charge on any atom is -0.479 e. The number of halogens is 1. The zero-order chi connectivity index (χ0) is 13.8. The van der Waals surface area contributed by atoms with Crippen LogP contribution < -0.4 is 15.4 Å². The van der Waals surface area contributed by atoms with Gasteiger partial charge in [0.05, 0.1) is 18.5 Å². The Labute approximate surface area is 111 Å².